The number of carbonyl (C=O) groups excluding carboxylic acids is 2. The van der Waals surface area contributed by atoms with Gasteiger partial charge in [-0.2, -0.15) is 0 Å². The predicted molar refractivity (Wildman–Crippen MR) is 182 cm³/mol. The highest BCUT2D eigenvalue weighted by atomic mass is 35.5. The maximum absolute atomic E-state index is 12.5. The molecule has 3 aromatic carbocycles. The van der Waals surface area contributed by atoms with Gasteiger partial charge in [0.15, 0.2) is 6.29 Å². The molecule has 2 aliphatic heterocycles. The lowest BCUT2D eigenvalue weighted by atomic mass is 9.84. The maximum Gasteiger partial charge on any atom is 0.243 e. The molecule has 3 atom stereocenters. The van der Waals surface area contributed by atoms with Crippen LogP contribution in [0.5, 0.6) is 0 Å². The van der Waals surface area contributed by atoms with Crippen LogP contribution in [0.15, 0.2) is 72.8 Å². The summed E-state index contributed by atoms with van der Waals surface area (Å²) in [6, 6.07) is 22.8. The van der Waals surface area contributed by atoms with Crippen molar-refractivity contribution < 1.29 is 34.5 Å². The molecule has 11 heteroatoms. The molecule has 3 aromatic rings. The van der Waals surface area contributed by atoms with E-state index in [4.69, 9.17) is 26.3 Å². The van der Waals surface area contributed by atoms with Gasteiger partial charge in [-0.15, -0.1) is 0 Å². The standard InChI is InChI=1S/C37H46ClN3O7/c38-30-15-13-29(14-16-30)37(45)19-21-41(22-20-37)24-32-23-33(27-9-7-26(25-42)8-10-27)48-36(47-32)28-11-17-31(18-12-28)39-34(43)5-3-1-2-4-6-35(44)40-46/h7-18,32-33,36,42,45-46H,1-6,19-25H2,(H,39,43)(H,40,44). The lowest BCUT2D eigenvalue weighted by molar-refractivity contribution is -0.253. The van der Waals surface area contributed by atoms with Gasteiger partial charge in [-0.3, -0.25) is 14.8 Å². The number of hydrogen-bond donors (Lipinski definition) is 5. The predicted octanol–water partition coefficient (Wildman–Crippen LogP) is 6.15. The zero-order valence-electron chi connectivity index (χ0n) is 27.2. The van der Waals surface area contributed by atoms with Crippen molar-refractivity contribution >= 4 is 29.1 Å². The molecular formula is C37H46ClN3O7. The summed E-state index contributed by atoms with van der Waals surface area (Å²) in [5.41, 5.74) is 5.02. The van der Waals surface area contributed by atoms with Crippen LogP contribution in [0.1, 0.15) is 92.4 Å². The first-order chi connectivity index (χ1) is 23.2. The minimum atomic E-state index is -0.880. The van der Waals surface area contributed by atoms with E-state index in [1.54, 1.807) is 5.48 Å². The van der Waals surface area contributed by atoms with Crippen molar-refractivity contribution in [3.8, 4) is 0 Å². The van der Waals surface area contributed by atoms with Crippen LogP contribution in [0.2, 0.25) is 5.02 Å². The topological polar surface area (TPSA) is 141 Å². The second kappa shape index (κ2) is 17.3. The molecule has 2 heterocycles. The fourth-order valence-electron chi connectivity index (χ4n) is 6.40. The van der Waals surface area contributed by atoms with Crippen molar-refractivity contribution in [2.75, 3.05) is 25.0 Å². The van der Waals surface area contributed by atoms with Crippen LogP contribution in [0.25, 0.3) is 0 Å². The number of aliphatic hydroxyl groups is 2. The number of unbranched alkanes of at least 4 members (excludes halogenated alkanes) is 3. The van der Waals surface area contributed by atoms with Gasteiger partial charge < -0.3 is 29.9 Å². The van der Waals surface area contributed by atoms with Crippen LogP contribution >= 0.6 is 11.6 Å². The number of carbonyl (C=O) groups is 2. The van der Waals surface area contributed by atoms with Crippen molar-refractivity contribution in [2.45, 2.75) is 88.5 Å². The fourth-order valence-corrected chi connectivity index (χ4v) is 6.53. The first kappa shape index (κ1) is 35.9. The second-order valence-corrected chi connectivity index (χ2v) is 13.2. The Hall–Kier alpha value is -3.35. The quantitative estimate of drug-likeness (QED) is 0.0777. The molecule has 48 heavy (non-hydrogen) atoms. The van der Waals surface area contributed by atoms with Crippen LogP contribution in [0.4, 0.5) is 5.69 Å². The number of amides is 2. The molecule has 2 fully saturated rings. The zero-order valence-corrected chi connectivity index (χ0v) is 27.9. The molecule has 0 aliphatic carbocycles. The first-order valence-electron chi connectivity index (χ1n) is 16.8. The Labute approximate surface area is 287 Å². The Morgan fingerprint density at radius 3 is 2.08 bits per heavy atom. The number of likely N-dealkylation sites (tertiary alicyclic amines) is 1. The van der Waals surface area contributed by atoms with Gasteiger partial charge in [-0.25, -0.2) is 5.48 Å². The van der Waals surface area contributed by atoms with Crippen molar-refractivity contribution in [3.05, 3.63) is 100 Å². The number of halogens is 1. The highest BCUT2D eigenvalue weighted by Crippen LogP contribution is 2.39. The first-order valence-corrected chi connectivity index (χ1v) is 17.2. The number of ether oxygens (including phenoxy) is 2. The molecule has 0 saturated carbocycles. The van der Waals surface area contributed by atoms with Crippen molar-refractivity contribution in [2.24, 2.45) is 0 Å². The van der Waals surface area contributed by atoms with Crippen molar-refractivity contribution in [3.63, 3.8) is 0 Å². The Balaban J connectivity index is 1.18. The normalized spacial score (nSPS) is 21.0. The minimum absolute atomic E-state index is 0.0219. The van der Waals surface area contributed by atoms with E-state index in [0.717, 1.165) is 48.2 Å². The molecule has 3 unspecified atom stereocenters. The zero-order chi connectivity index (χ0) is 33.9. The summed E-state index contributed by atoms with van der Waals surface area (Å²) in [5, 5.41) is 33.1. The smallest absolute Gasteiger partial charge is 0.243 e. The third kappa shape index (κ3) is 10.1. The summed E-state index contributed by atoms with van der Waals surface area (Å²) in [6.45, 7) is 2.14. The minimum Gasteiger partial charge on any atom is -0.392 e. The molecule has 0 spiro atoms. The van der Waals surface area contributed by atoms with Gasteiger partial charge in [0.05, 0.1) is 24.4 Å². The Morgan fingerprint density at radius 2 is 1.46 bits per heavy atom. The summed E-state index contributed by atoms with van der Waals surface area (Å²) in [5.74, 6) is -0.466. The van der Waals surface area contributed by atoms with Crippen molar-refractivity contribution in [1.82, 2.24) is 10.4 Å². The number of hydroxylamine groups is 1. The molecule has 5 N–H and O–H groups in total. The lowest BCUT2D eigenvalue weighted by Gasteiger charge is -2.42. The highest BCUT2D eigenvalue weighted by Gasteiger charge is 2.37. The molecule has 2 amide bonds. The van der Waals surface area contributed by atoms with Crippen molar-refractivity contribution in [1.29, 1.82) is 0 Å². The molecule has 5 rings (SSSR count). The third-order valence-electron chi connectivity index (χ3n) is 9.29. The summed E-state index contributed by atoms with van der Waals surface area (Å²) in [7, 11) is 0. The van der Waals surface area contributed by atoms with Gasteiger partial charge in [-0.1, -0.05) is 73.0 Å². The number of anilines is 1. The van der Waals surface area contributed by atoms with E-state index < -0.39 is 17.8 Å². The van der Waals surface area contributed by atoms with E-state index in [2.05, 4.69) is 10.2 Å². The Kier molecular flexibility index (Phi) is 13.0. The Bertz CT molecular complexity index is 1460. The molecule has 0 bridgehead atoms. The van der Waals surface area contributed by atoms with Crippen LogP contribution < -0.4 is 10.8 Å². The van der Waals surface area contributed by atoms with Gasteiger partial charge in [0.1, 0.15) is 0 Å². The average molecular weight is 680 g/mol. The van der Waals surface area contributed by atoms with Crippen LogP contribution in [0, 0.1) is 0 Å². The van der Waals surface area contributed by atoms with Crippen LogP contribution in [0.3, 0.4) is 0 Å². The van der Waals surface area contributed by atoms with Gasteiger partial charge in [0.2, 0.25) is 11.8 Å². The number of piperidine rings is 1. The van der Waals surface area contributed by atoms with E-state index in [0.29, 0.717) is 55.8 Å². The third-order valence-corrected chi connectivity index (χ3v) is 9.54. The second-order valence-electron chi connectivity index (χ2n) is 12.8. The number of rotatable bonds is 14. The molecule has 0 aromatic heterocycles. The average Bonchev–Trinajstić information content (AvgIpc) is 3.11. The van der Waals surface area contributed by atoms with E-state index in [1.807, 2.05) is 72.8 Å². The van der Waals surface area contributed by atoms with Gasteiger partial charge >= 0.3 is 0 Å². The molecular weight excluding hydrogens is 634 g/mol. The monoisotopic (exact) mass is 679 g/mol. The number of benzene rings is 3. The largest absolute Gasteiger partial charge is 0.392 e. The van der Waals surface area contributed by atoms with E-state index in [9.17, 15) is 19.8 Å². The molecule has 10 nitrogen and oxygen atoms in total. The number of nitrogens with one attached hydrogen (secondary N) is 2. The molecule has 0 radical (unpaired) electrons. The maximum atomic E-state index is 12.5. The van der Waals surface area contributed by atoms with E-state index in [1.165, 1.54) is 0 Å². The molecule has 2 saturated heterocycles. The SMILES string of the molecule is O=C(CCCCCCC(=O)Nc1ccc(C2OC(CN3CCC(O)(c4ccc(Cl)cc4)CC3)CC(c3ccc(CO)cc3)O2)cc1)NO. The van der Waals surface area contributed by atoms with E-state index in [-0.39, 0.29) is 31.1 Å². The summed E-state index contributed by atoms with van der Waals surface area (Å²) in [4.78, 5) is 25.9. The lowest BCUT2D eigenvalue weighted by Crippen LogP contribution is -2.46. The fraction of sp³-hybridized carbons (Fsp3) is 0.459. The molecule has 2 aliphatic rings. The summed E-state index contributed by atoms with van der Waals surface area (Å²) in [6.07, 6.45) is 4.63. The number of aliphatic hydroxyl groups excluding tert-OH is 1. The highest BCUT2D eigenvalue weighted by molar-refractivity contribution is 6.30. The Morgan fingerprint density at radius 1 is 0.833 bits per heavy atom. The van der Waals surface area contributed by atoms with Crippen LogP contribution in [-0.4, -0.2) is 57.9 Å². The number of nitrogens with zero attached hydrogens (tertiary/aromatic N) is 1. The van der Waals surface area contributed by atoms with Gasteiger partial charge in [0.25, 0.3) is 0 Å². The van der Waals surface area contributed by atoms with Crippen LogP contribution in [-0.2, 0) is 31.3 Å². The molecule has 258 valence electrons. The summed E-state index contributed by atoms with van der Waals surface area (Å²) >= 11 is 6.07. The van der Waals surface area contributed by atoms with E-state index >= 15 is 0 Å². The van der Waals surface area contributed by atoms with Gasteiger partial charge in [-0.05, 0) is 66.6 Å². The van der Waals surface area contributed by atoms with Gasteiger partial charge in [0, 0.05) is 55.2 Å². The summed E-state index contributed by atoms with van der Waals surface area (Å²) < 4.78 is 13.0. The number of hydrogen-bond acceptors (Lipinski definition) is 8.